The minimum atomic E-state index is 0.230. The summed E-state index contributed by atoms with van der Waals surface area (Å²) < 4.78 is 5.18. The van der Waals surface area contributed by atoms with Crippen LogP contribution in [0.15, 0.2) is 24.3 Å². The van der Waals surface area contributed by atoms with E-state index in [1.54, 1.807) is 7.11 Å². The van der Waals surface area contributed by atoms with Gasteiger partial charge in [0.15, 0.2) is 0 Å². The first kappa shape index (κ1) is 15.6. The highest BCUT2D eigenvalue weighted by Gasteiger charge is 2.21. The van der Waals surface area contributed by atoms with E-state index in [-0.39, 0.29) is 5.91 Å². The third kappa shape index (κ3) is 4.11. The van der Waals surface area contributed by atoms with Crippen LogP contribution in [0.5, 0.6) is 5.75 Å². The summed E-state index contributed by atoms with van der Waals surface area (Å²) in [5.41, 5.74) is 1.19. The molecule has 116 valence electrons. The van der Waals surface area contributed by atoms with Gasteiger partial charge in [-0.15, -0.1) is 0 Å². The standard InChI is InChI=1S/C16H25N3O2/c1-4-17(2)13-16(20)19-11-9-18(10-12-19)14-5-7-15(21-3)8-6-14/h5-8H,4,9-13H2,1-3H3. The molecule has 1 heterocycles. The zero-order chi connectivity index (χ0) is 15.2. The highest BCUT2D eigenvalue weighted by molar-refractivity contribution is 5.78. The van der Waals surface area contributed by atoms with Crippen molar-refractivity contribution in [2.75, 3.05) is 58.3 Å². The second kappa shape index (κ2) is 7.31. The second-order valence-corrected chi connectivity index (χ2v) is 5.40. The molecule has 21 heavy (non-hydrogen) atoms. The monoisotopic (exact) mass is 291 g/mol. The number of ether oxygens (including phenoxy) is 1. The highest BCUT2D eigenvalue weighted by Crippen LogP contribution is 2.20. The van der Waals surface area contributed by atoms with Crippen LogP contribution >= 0.6 is 0 Å². The van der Waals surface area contributed by atoms with Gasteiger partial charge in [0, 0.05) is 31.9 Å². The summed E-state index contributed by atoms with van der Waals surface area (Å²) in [6.07, 6.45) is 0. The molecule has 5 nitrogen and oxygen atoms in total. The summed E-state index contributed by atoms with van der Waals surface area (Å²) in [6, 6.07) is 8.09. The Hall–Kier alpha value is -1.75. The molecule has 0 aromatic heterocycles. The van der Waals surface area contributed by atoms with Gasteiger partial charge in [-0.25, -0.2) is 0 Å². The molecule has 1 aliphatic heterocycles. The van der Waals surface area contributed by atoms with Gasteiger partial charge < -0.3 is 14.5 Å². The maximum Gasteiger partial charge on any atom is 0.236 e. The van der Waals surface area contributed by atoms with E-state index in [0.717, 1.165) is 38.5 Å². The number of nitrogens with zero attached hydrogens (tertiary/aromatic N) is 3. The number of hydrogen-bond donors (Lipinski definition) is 0. The predicted octanol–water partition coefficient (Wildman–Crippen LogP) is 1.30. The van der Waals surface area contributed by atoms with Crippen LogP contribution in [0.2, 0.25) is 0 Å². The summed E-state index contributed by atoms with van der Waals surface area (Å²) in [7, 11) is 3.65. The van der Waals surface area contributed by atoms with Gasteiger partial charge in [0.2, 0.25) is 5.91 Å². The SMILES string of the molecule is CCN(C)CC(=O)N1CCN(c2ccc(OC)cc2)CC1. The fraction of sp³-hybridized carbons (Fsp3) is 0.562. The largest absolute Gasteiger partial charge is 0.497 e. The smallest absolute Gasteiger partial charge is 0.236 e. The Labute approximate surface area is 127 Å². The molecule has 1 aliphatic rings. The Morgan fingerprint density at radius 3 is 2.33 bits per heavy atom. The maximum absolute atomic E-state index is 12.1. The Morgan fingerprint density at radius 1 is 1.19 bits per heavy atom. The summed E-state index contributed by atoms with van der Waals surface area (Å²) in [6.45, 7) is 6.83. The molecule has 1 saturated heterocycles. The summed E-state index contributed by atoms with van der Waals surface area (Å²) in [5.74, 6) is 1.10. The number of rotatable bonds is 5. The Balaban J connectivity index is 1.86. The van der Waals surface area contributed by atoms with Gasteiger partial charge in [0.25, 0.3) is 0 Å². The number of carbonyl (C=O) groups excluding carboxylic acids is 1. The molecule has 0 saturated carbocycles. The zero-order valence-electron chi connectivity index (χ0n) is 13.2. The average Bonchev–Trinajstić information content (AvgIpc) is 2.55. The third-order valence-corrected chi connectivity index (χ3v) is 4.01. The van der Waals surface area contributed by atoms with Crippen LogP contribution in [0.1, 0.15) is 6.92 Å². The van der Waals surface area contributed by atoms with Crippen molar-refractivity contribution >= 4 is 11.6 Å². The lowest BCUT2D eigenvalue weighted by atomic mass is 10.2. The molecule has 1 aromatic rings. The fourth-order valence-corrected chi connectivity index (χ4v) is 2.45. The number of carbonyl (C=O) groups is 1. The number of anilines is 1. The van der Waals surface area contributed by atoms with Crippen LogP contribution < -0.4 is 9.64 Å². The molecular formula is C16H25N3O2. The molecule has 5 heteroatoms. The lowest BCUT2D eigenvalue weighted by Gasteiger charge is -2.36. The highest BCUT2D eigenvalue weighted by atomic mass is 16.5. The third-order valence-electron chi connectivity index (χ3n) is 4.01. The minimum absolute atomic E-state index is 0.230. The van der Waals surface area contributed by atoms with Gasteiger partial charge in [0.1, 0.15) is 5.75 Å². The van der Waals surface area contributed by atoms with E-state index in [2.05, 4.69) is 24.0 Å². The van der Waals surface area contributed by atoms with Crippen molar-refractivity contribution < 1.29 is 9.53 Å². The molecule has 0 bridgehead atoms. The van der Waals surface area contributed by atoms with E-state index in [1.807, 2.05) is 29.0 Å². The van der Waals surface area contributed by atoms with Crippen molar-refractivity contribution in [3.8, 4) is 5.75 Å². The molecule has 2 rings (SSSR count). The number of piperazine rings is 1. The summed E-state index contributed by atoms with van der Waals surface area (Å²) in [5, 5.41) is 0. The molecule has 0 aliphatic carbocycles. The number of amides is 1. The van der Waals surface area contributed by atoms with Crippen molar-refractivity contribution in [3.63, 3.8) is 0 Å². The summed E-state index contributed by atoms with van der Waals surface area (Å²) in [4.78, 5) is 18.5. The van der Waals surface area contributed by atoms with Crippen LogP contribution in [0.25, 0.3) is 0 Å². The molecule has 0 radical (unpaired) electrons. The molecule has 0 N–H and O–H groups in total. The summed E-state index contributed by atoms with van der Waals surface area (Å²) >= 11 is 0. The van der Waals surface area contributed by atoms with Gasteiger partial charge in [-0.1, -0.05) is 6.92 Å². The fourth-order valence-electron chi connectivity index (χ4n) is 2.45. The van der Waals surface area contributed by atoms with Gasteiger partial charge in [-0.2, -0.15) is 0 Å². The van der Waals surface area contributed by atoms with Crippen LogP contribution in [0.4, 0.5) is 5.69 Å². The van der Waals surface area contributed by atoms with Crippen molar-refractivity contribution in [1.82, 2.24) is 9.80 Å². The Morgan fingerprint density at radius 2 is 1.81 bits per heavy atom. The molecule has 1 aromatic carbocycles. The first-order valence-corrected chi connectivity index (χ1v) is 7.49. The van der Waals surface area contributed by atoms with Crippen LogP contribution in [-0.4, -0.2) is 69.1 Å². The molecule has 0 spiro atoms. The van der Waals surface area contributed by atoms with E-state index in [4.69, 9.17) is 4.74 Å². The average molecular weight is 291 g/mol. The molecule has 0 unspecified atom stereocenters. The zero-order valence-corrected chi connectivity index (χ0v) is 13.2. The van der Waals surface area contributed by atoms with Crippen LogP contribution in [0.3, 0.4) is 0 Å². The van der Waals surface area contributed by atoms with E-state index in [0.29, 0.717) is 6.54 Å². The van der Waals surface area contributed by atoms with Crippen molar-refractivity contribution in [3.05, 3.63) is 24.3 Å². The van der Waals surface area contributed by atoms with Crippen molar-refractivity contribution in [2.45, 2.75) is 6.92 Å². The van der Waals surface area contributed by atoms with E-state index in [9.17, 15) is 4.79 Å². The van der Waals surface area contributed by atoms with Gasteiger partial charge in [-0.3, -0.25) is 9.69 Å². The van der Waals surface area contributed by atoms with Gasteiger partial charge in [-0.05, 0) is 37.9 Å². The Kier molecular flexibility index (Phi) is 5.44. The minimum Gasteiger partial charge on any atom is -0.497 e. The molecular weight excluding hydrogens is 266 g/mol. The van der Waals surface area contributed by atoms with E-state index < -0.39 is 0 Å². The first-order valence-electron chi connectivity index (χ1n) is 7.49. The van der Waals surface area contributed by atoms with Gasteiger partial charge >= 0.3 is 0 Å². The van der Waals surface area contributed by atoms with Gasteiger partial charge in [0.05, 0.1) is 13.7 Å². The van der Waals surface area contributed by atoms with E-state index in [1.165, 1.54) is 5.69 Å². The van der Waals surface area contributed by atoms with Crippen LogP contribution in [0, 0.1) is 0 Å². The molecule has 1 amide bonds. The quantitative estimate of drug-likeness (QED) is 0.819. The maximum atomic E-state index is 12.1. The van der Waals surface area contributed by atoms with E-state index >= 15 is 0 Å². The normalized spacial score (nSPS) is 15.4. The van der Waals surface area contributed by atoms with Crippen molar-refractivity contribution in [2.24, 2.45) is 0 Å². The number of benzene rings is 1. The molecule has 0 atom stereocenters. The Bertz CT molecular complexity index is 453. The number of hydrogen-bond acceptors (Lipinski definition) is 4. The topological polar surface area (TPSA) is 36.0 Å². The first-order chi connectivity index (χ1) is 10.1. The number of likely N-dealkylation sites (N-methyl/N-ethyl adjacent to an activating group) is 1. The van der Waals surface area contributed by atoms with Crippen LogP contribution in [-0.2, 0) is 4.79 Å². The second-order valence-electron chi connectivity index (χ2n) is 5.40. The van der Waals surface area contributed by atoms with Crippen molar-refractivity contribution in [1.29, 1.82) is 0 Å². The number of methoxy groups -OCH3 is 1. The lowest BCUT2D eigenvalue weighted by molar-refractivity contribution is -0.132. The molecule has 1 fully saturated rings. The lowest BCUT2D eigenvalue weighted by Crippen LogP contribution is -2.51. The predicted molar refractivity (Wildman–Crippen MR) is 85.0 cm³/mol.